The van der Waals surface area contributed by atoms with Crippen LogP contribution in [0.25, 0.3) is 0 Å². The topological polar surface area (TPSA) is 41.6 Å². The molecule has 0 aromatic rings. The highest BCUT2D eigenvalue weighted by Gasteiger charge is 2.09. The van der Waals surface area contributed by atoms with Crippen molar-refractivity contribution in [3.63, 3.8) is 0 Å². The molecule has 0 aromatic carbocycles. The third kappa shape index (κ3) is 10.3. The number of likely N-dealkylation sites (N-methyl/N-ethyl adjacent to an activating group) is 1. The average Bonchev–Trinajstić information content (AvgIpc) is 2.21. The molecule has 0 aliphatic carbocycles. The molecule has 0 heterocycles. The van der Waals surface area contributed by atoms with Crippen molar-refractivity contribution < 1.29 is 9.53 Å². The molecule has 0 rings (SSSR count). The van der Waals surface area contributed by atoms with E-state index < -0.39 is 0 Å². The minimum absolute atomic E-state index is 0.222. The maximum Gasteiger partial charge on any atom is 0.222 e. The van der Waals surface area contributed by atoms with Gasteiger partial charge in [0.05, 0.1) is 12.7 Å². The van der Waals surface area contributed by atoms with Gasteiger partial charge in [0.15, 0.2) is 0 Å². The first kappa shape index (κ1) is 16.4. The van der Waals surface area contributed by atoms with Gasteiger partial charge >= 0.3 is 0 Å². The lowest BCUT2D eigenvalue weighted by Crippen LogP contribution is -2.35. The Bertz CT molecular complexity index is 206. The van der Waals surface area contributed by atoms with Gasteiger partial charge in [-0.2, -0.15) is 0 Å². The van der Waals surface area contributed by atoms with Crippen LogP contribution in [0.1, 0.15) is 34.1 Å². The Hall–Kier alpha value is -0.610. The van der Waals surface area contributed by atoms with Gasteiger partial charge in [0.2, 0.25) is 5.91 Å². The van der Waals surface area contributed by atoms with Gasteiger partial charge in [0.1, 0.15) is 0 Å². The molecule has 0 saturated carbocycles. The minimum atomic E-state index is 0.222. The number of carbonyl (C=O) groups is 1. The minimum Gasteiger partial charge on any atom is -0.377 e. The van der Waals surface area contributed by atoms with Gasteiger partial charge in [-0.25, -0.2) is 0 Å². The molecule has 4 nitrogen and oxygen atoms in total. The first-order chi connectivity index (χ1) is 7.93. The van der Waals surface area contributed by atoms with Gasteiger partial charge in [-0.1, -0.05) is 13.8 Å². The maximum absolute atomic E-state index is 11.6. The van der Waals surface area contributed by atoms with Crippen molar-refractivity contribution in [3.05, 3.63) is 0 Å². The Kier molecular flexibility index (Phi) is 9.09. The summed E-state index contributed by atoms with van der Waals surface area (Å²) >= 11 is 0. The summed E-state index contributed by atoms with van der Waals surface area (Å²) in [6.07, 6.45) is 0.916. The van der Waals surface area contributed by atoms with Crippen molar-refractivity contribution >= 4 is 5.91 Å². The summed E-state index contributed by atoms with van der Waals surface area (Å²) in [6, 6.07) is 0. The number of ether oxygens (including phenoxy) is 1. The van der Waals surface area contributed by atoms with Crippen LogP contribution in [0.3, 0.4) is 0 Å². The Morgan fingerprint density at radius 1 is 1.24 bits per heavy atom. The molecule has 17 heavy (non-hydrogen) atoms. The lowest BCUT2D eigenvalue weighted by molar-refractivity contribution is -0.130. The molecular formula is C13H28N2O2. The fourth-order valence-corrected chi connectivity index (χ4v) is 1.37. The SMILES string of the molecule is CC(C)CC(=O)N(C)CCNCCOC(C)C. The van der Waals surface area contributed by atoms with Crippen molar-refractivity contribution in [3.8, 4) is 0 Å². The summed E-state index contributed by atoms with van der Waals surface area (Å²) in [7, 11) is 1.86. The van der Waals surface area contributed by atoms with E-state index in [-0.39, 0.29) is 12.0 Å². The third-order valence-corrected chi connectivity index (χ3v) is 2.36. The summed E-state index contributed by atoms with van der Waals surface area (Å²) in [4.78, 5) is 13.4. The number of rotatable bonds is 9. The van der Waals surface area contributed by atoms with Crippen LogP contribution in [-0.2, 0) is 9.53 Å². The Labute approximate surface area is 106 Å². The van der Waals surface area contributed by atoms with Gasteiger partial charge in [-0.15, -0.1) is 0 Å². The second kappa shape index (κ2) is 9.42. The van der Waals surface area contributed by atoms with Crippen LogP contribution in [0.15, 0.2) is 0 Å². The molecule has 0 saturated heterocycles. The molecule has 0 aliphatic rings. The summed E-state index contributed by atoms with van der Waals surface area (Å²) in [6.45, 7) is 11.3. The van der Waals surface area contributed by atoms with E-state index in [1.165, 1.54) is 0 Å². The summed E-state index contributed by atoms with van der Waals surface area (Å²) in [5.74, 6) is 0.651. The van der Waals surface area contributed by atoms with Crippen LogP contribution in [0.4, 0.5) is 0 Å². The van der Waals surface area contributed by atoms with Crippen molar-refractivity contribution in [1.29, 1.82) is 0 Å². The maximum atomic E-state index is 11.6. The molecule has 0 aromatic heterocycles. The van der Waals surface area contributed by atoms with E-state index >= 15 is 0 Å². The zero-order chi connectivity index (χ0) is 13.3. The first-order valence-corrected chi connectivity index (χ1v) is 6.49. The van der Waals surface area contributed by atoms with E-state index in [1.807, 2.05) is 20.9 Å². The zero-order valence-corrected chi connectivity index (χ0v) is 12.0. The van der Waals surface area contributed by atoms with E-state index in [0.29, 0.717) is 12.3 Å². The zero-order valence-electron chi connectivity index (χ0n) is 12.0. The quantitative estimate of drug-likeness (QED) is 0.625. The van der Waals surface area contributed by atoms with Gasteiger partial charge < -0.3 is 15.0 Å². The predicted molar refractivity (Wildman–Crippen MR) is 71.0 cm³/mol. The van der Waals surface area contributed by atoms with Gasteiger partial charge in [0, 0.05) is 33.1 Å². The van der Waals surface area contributed by atoms with Crippen molar-refractivity contribution in [2.24, 2.45) is 5.92 Å². The van der Waals surface area contributed by atoms with E-state index in [4.69, 9.17) is 4.74 Å². The molecule has 0 fully saturated rings. The number of hydrogen-bond acceptors (Lipinski definition) is 3. The Balaban J connectivity index is 3.44. The molecule has 1 amide bonds. The monoisotopic (exact) mass is 244 g/mol. The molecule has 4 heteroatoms. The number of nitrogens with zero attached hydrogens (tertiary/aromatic N) is 1. The highest BCUT2D eigenvalue weighted by Crippen LogP contribution is 2.01. The smallest absolute Gasteiger partial charge is 0.222 e. The van der Waals surface area contributed by atoms with Gasteiger partial charge in [-0.05, 0) is 19.8 Å². The van der Waals surface area contributed by atoms with Crippen molar-refractivity contribution in [1.82, 2.24) is 10.2 Å². The fraction of sp³-hybridized carbons (Fsp3) is 0.923. The standard InChI is InChI=1S/C13H28N2O2/c1-11(2)10-13(16)15(5)8-6-14-7-9-17-12(3)4/h11-12,14H,6-10H2,1-5H3. The largest absolute Gasteiger partial charge is 0.377 e. The average molecular weight is 244 g/mol. The second-order valence-corrected chi connectivity index (χ2v) is 5.08. The molecule has 0 spiro atoms. The normalized spacial score (nSPS) is 11.2. The molecule has 0 atom stereocenters. The van der Waals surface area contributed by atoms with Crippen LogP contribution in [-0.4, -0.2) is 50.2 Å². The van der Waals surface area contributed by atoms with Crippen molar-refractivity contribution in [2.75, 3.05) is 33.3 Å². The molecular weight excluding hydrogens is 216 g/mol. The van der Waals surface area contributed by atoms with Crippen molar-refractivity contribution in [2.45, 2.75) is 40.2 Å². The van der Waals surface area contributed by atoms with Crippen LogP contribution in [0.2, 0.25) is 0 Å². The summed E-state index contributed by atoms with van der Waals surface area (Å²) in [5.41, 5.74) is 0. The third-order valence-electron chi connectivity index (χ3n) is 2.36. The second-order valence-electron chi connectivity index (χ2n) is 5.08. The molecule has 0 aliphatic heterocycles. The molecule has 1 N–H and O–H groups in total. The van der Waals surface area contributed by atoms with E-state index in [1.54, 1.807) is 4.90 Å². The molecule has 102 valence electrons. The Morgan fingerprint density at radius 2 is 1.88 bits per heavy atom. The van der Waals surface area contributed by atoms with Crippen LogP contribution in [0.5, 0.6) is 0 Å². The molecule has 0 unspecified atom stereocenters. The predicted octanol–water partition coefficient (Wildman–Crippen LogP) is 1.51. The van der Waals surface area contributed by atoms with E-state index in [9.17, 15) is 4.79 Å². The summed E-state index contributed by atoms with van der Waals surface area (Å²) in [5, 5.41) is 3.26. The van der Waals surface area contributed by atoms with Crippen LogP contribution < -0.4 is 5.32 Å². The molecule has 0 radical (unpaired) electrons. The number of hydrogen-bond donors (Lipinski definition) is 1. The highest BCUT2D eigenvalue weighted by atomic mass is 16.5. The van der Waals surface area contributed by atoms with E-state index in [0.717, 1.165) is 26.2 Å². The van der Waals surface area contributed by atoms with E-state index in [2.05, 4.69) is 19.2 Å². The summed E-state index contributed by atoms with van der Waals surface area (Å²) < 4.78 is 5.41. The van der Waals surface area contributed by atoms with Gasteiger partial charge in [0.25, 0.3) is 0 Å². The Morgan fingerprint density at radius 3 is 2.41 bits per heavy atom. The number of amides is 1. The van der Waals surface area contributed by atoms with Crippen LogP contribution in [0, 0.1) is 5.92 Å². The van der Waals surface area contributed by atoms with Gasteiger partial charge in [-0.3, -0.25) is 4.79 Å². The number of nitrogens with one attached hydrogen (secondary N) is 1. The first-order valence-electron chi connectivity index (χ1n) is 6.49. The fourth-order valence-electron chi connectivity index (χ4n) is 1.37. The lowest BCUT2D eigenvalue weighted by Gasteiger charge is -2.18. The number of carbonyl (C=O) groups excluding carboxylic acids is 1. The lowest BCUT2D eigenvalue weighted by atomic mass is 10.1. The highest BCUT2D eigenvalue weighted by molar-refractivity contribution is 5.76. The van der Waals surface area contributed by atoms with Crippen LogP contribution >= 0.6 is 0 Å². The molecule has 0 bridgehead atoms.